The van der Waals surface area contributed by atoms with Crippen LogP contribution in [0.1, 0.15) is 18.6 Å². The highest BCUT2D eigenvalue weighted by Gasteiger charge is 2.19. The van der Waals surface area contributed by atoms with Crippen molar-refractivity contribution in [1.29, 1.82) is 0 Å². The molecule has 2 heterocycles. The molecule has 1 saturated heterocycles. The van der Waals surface area contributed by atoms with Crippen LogP contribution in [0.5, 0.6) is 0 Å². The molecule has 3 rings (SSSR count). The van der Waals surface area contributed by atoms with Crippen LogP contribution in [0.15, 0.2) is 40.8 Å². The molecule has 0 unspecified atom stereocenters. The second kappa shape index (κ2) is 6.00. The minimum Gasteiger partial charge on any atom is -0.460 e. The first-order chi connectivity index (χ1) is 9.72. The molecule has 0 aliphatic carbocycles. The number of hydrogen-bond donors (Lipinski definition) is 1. The van der Waals surface area contributed by atoms with Crippen molar-refractivity contribution in [3.05, 3.63) is 47.2 Å². The van der Waals surface area contributed by atoms with E-state index in [1.165, 1.54) is 0 Å². The maximum absolute atomic E-state index is 9.69. The quantitative estimate of drug-likeness (QED) is 0.939. The van der Waals surface area contributed by atoms with E-state index in [1.54, 1.807) is 0 Å². The van der Waals surface area contributed by atoms with E-state index in [0.717, 1.165) is 49.6 Å². The minimum atomic E-state index is -0.207. The fourth-order valence-electron chi connectivity index (χ4n) is 2.66. The topological polar surface area (TPSA) is 36.6 Å². The summed E-state index contributed by atoms with van der Waals surface area (Å²) in [6, 6.07) is 11.6. The van der Waals surface area contributed by atoms with Gasteiger partial charge < -0.3 is 9.52 Å². The summed E-state index contributed by atoms with van der Waals surface area (Å²) in [5.74, 6) is 1.71. The molecule has 0 spiro atoms. The zero-order valence-electron chi connectivity index (χ0n) is 11.3. The minimum absolute atomic E-state index is 0.207. The summed E-state index contributed by atoms with van der Waals surface area (Å²) in [5.41, 5.74) is 0.916. The third-order valence-corrected chi connectivity index (χ3v) is 3.99. The van der Waals surface area contributed by atoms with Crippen LogP contribution in [-0.4, -0.2) is 29.2 Å². The molecule has 1 atom stereocenters. The molecule has 1 fully saturated rings. The van der Waals surface area contributed by atoms with Crippen LogP contribution in [0.3, 0.4) is 0 Å². The molecule has 0 bridgehead atoms. The summed E-state index contributed by atoms with van der Waals surface area (Å²) in [4.78, 5) is 2.23. The number of nitrogens with zero attached hydrogens (tertiary/aromatic N) is 1. The number of halogens is 1. The average molecular weight is 292 g/mol. The molecule has 20 heavy (non-hydrogen) atoms. The summed E-state index contributed by atoms with van der Waals surface area (Å²) in [6.45, 7) is 2.48. The van der Waals surface area contributed by atoms with Gasteiger partial charge in [0.1, 0.15) is 11.5 Å². The molecule has 106 valence electrons. The van der Waals surface area contributed by atoms with Gasteiger partial charge in [-0.1, -0.05) is 23.7 Å². The van der Waals surface area contributed by atoms with E-state index < -0.39 is 0 Å². The Morgan fingerprint density at radius 3 is 2.90 bits per heavy atom. The molecule has 0 saturated carbocycles. The summed E-state index contributed by atoms with van der Waals surface area (Å²) >= 11 is 6.18. The SMILES string of the molecule is O[C@H]1CCCN(Cc2ccc(-c3ccccc3Cl)o2)C1. The molecule has 4 heteroatoms. The number of aliphatic hydroxyl groups is 1. The Balaban J connectivity index is 1.72. The zero-order chi connectivity index (χ0) is 13.9. The smallest absolute Gasteiger partial charge is 0.135 e. The molecule has 3 nitrogen and oxygen atoms in total. The van der Waals surface area contributed by atoms with Gasteiger partial charge in [-0.3, -0.25) is 4.90 Å². The monoisotopic (exact) mass is 291 g/mol. The van der Waals surface area contributed by atoms with Crippen molar-refractivity contribution in [2.24, 2.45) is 0 Å². The Kier molecular flexibility index (Phi) is 4.10. The van der Waals surface area contributed by atoms with Crippen molar-refractivity contribution in [3.8, 4) is 11.3 Å². The van der Waals surface area contributed by atoms with Crippen molar-refractivity contribution >= 4 is 11.6 Å². The summed E-state index contributed by atoms with van der Waals surface area (Å²) in [7, 11) is 0. The number of rotatable bonds is 3. The summed E-state index contributed by atoms with van der Waals surface area (Å²) in [6.07, 6.45) is 1.74. The van der Waals surface area contributed by atoms with Crippen LogP contribution in [0.4, 0.5) is 0 Å². The van der Waals surface area contributed by atoms with Gasteiger partial charge in [-0.15, -0.1) is 0 Å². The zero-order valence-corrected chi connectivity index (χ0v) is 12.0. The second-order valence-corrected chi connectivity index (χ2v) is 5.68. The predicted molar refractivity (Wildman–Crippen MR) is 79.7 cm³/mol. The number of β-amino-alcohol motifs (C(OH)–C–C–N with tert-alkyl or cyclic N) is 1. The van der Waals surface area contributed by atoms with Crippen molar-refractivity contribution in [2.45, 2.75) is 25.5 Å². The lowest BCUT2D eigenvalue weighted by Crippen LogP contribution is -2.37. The summed E-state index contributed by atoms with van der Waals surface area (Å²) < 4.78 is 5.88. The highest BCUT2D eigenvalue weighted by Crippen LogP contribution is 2.29. The van der Waals surface area contributed by atoms with E-state index in [9.17, 15) is 5.11 Å². The molecule has 2 aromatic rings. The van der Waals surface area contributed by atoms with Crippen LogP contribution in [0.25, 0.3) is 11.3 Å². The maximum atomic E-state index is 9.69. The molecule has 1 aliphatic rings. The van der Waals surface area contributed by atoms with Gasteiger partial charge in [0, 0.05) is 12.1 Å². The van der Waals surface area contributed by atoms with Gasteiger partial charge in [-0.05, 0) is 43.7 Å². The fraction of sp³-hybridized carbons (Fsp3) is 0.375. The Bertz CT molecular complexity index is 581. The molecular weight excluding hydrogens is 274 g/mol. The lowest BCUT2D eigenvalue weighted by Gasteiger charge is -2.29. The average Bonchev–Trinajstić information content (AvgIpc) is 2.87. The van der Waals surface area contributed by atoms with Gasteiger partial charge in [0.15, 0.2) is 0 Å². The van der Waals surface area contributed by atoms with Crippen molar-refractivity contribution in [1.82, 2.24) is 4.90 Å². The van der Waals surface area contributed by atoms with Crippen molar-refractivity contribution in [3.63, 3.8) is 0 Å². The molecule has 1 N–H and O–H groups in total. The lowest BCUT2D eigenvalue weighted by atomic mass is 10.1. The largest absolute Gasteiger partial charge is 0.460 e. The highest BCUT2D eigenvalue weighted by atomic mass is 35.5. The Morgan fingerprint density at radius 1 is 1.25 bits per heavy atom. The standard InChI is InChI=1S/C16H18ClNO2/c17-15-6-2-1-5-14(15)16-8-7-13(20-16)11-18-9-3-4-12(19)10-18/h1-2,5-8,12,19H,3-4,9-11H2/t12-/m0/s1. The van der Waals surface area contributed by atoms with Gasteiger partial charge in [0.25, 0.3) is 0 Å². The van der Waals surface area contributed by atoms with E-state index in [1.807, 2.05) is 36.4 Å². The number of aliphatic hydroxyl groups excluding tert-OH is 1. The molecule has 1 aliphatic heterocycles. The van der Waals surface area contributed by atoms with Crippen LogP contribution in [-0.2, 0) is 6.54 Å². The number of furan rings is 1. The van der Waals surface area contributed by atoms with Gasteiger partial charge in [0.05, 0.1) is 17.7 Å². The third kappa shape index (κ3) is 3.06. The number of benzene rings is 1. The fourth-order valence-corrected chi connectivity index (χ4v) is 2.89. The van der Waals surface area contributed by atoms with Gasteiger partial charge in [0.2, 0.25) is 0 Å². The highest BCUT2D eigenvalue weighted by molar-refractivity contribution is 6.33. The lowest BCUT2D eigenvalue weighted by molar-refractivity contribution is 0.0635. The molecule has 1 aromatic carbocycles. The van der Waals surface area contributed by atoms with Crippen LogP contribution >= 0.6 is 11.6 Å². The maximum Gasteiger partial charge on any atom is 0.135 e. The first-order valence-corrected chi connectivity index (χ1v) is 7.34. The van der Waals surface area contributed by atoms with Crippen molar-refractivity contribution < 1.29 is 9.52 Å². The van der Waals surface area contributed by atoms with Crippen LogP contribution in [0, 0.1) is 0 Å². The molecule has 1 aromatic heterocycles. The number of likely N-dealkylation sites (tertiary alicyclic amines) is 1. The van der Waals surface area contributed by atoms with E-state index >= 15 is 0 Å². The Labute approximate surface area is 123 Å². The Hall–Kier alpha value is -1.29. The van der Waals surface area contributed by atoms with Crippen LogP contribution < -0.4 is 0 Å². The molecule has 0 amide bonds. The second-order valence-electron chi connectivity index (χ2n) is 5.28. The van der Waals surface area contributed by atoms with E-state index in [0.29, 0.717) is 5.02 Å². The predicted octanol–water partition coefficient (Wildman–Crippen LogP) is 3.56. The van der Waals surface area contributed by atoms with Gasteiger partial charge in [-0.2, -0.15) is 0 Å². The first-order valence-electron chi connectivity index (χ1n) is 6.96. The molecule has 0 radical (unpaired) electrons. The van der Waals surface area contributed by atoms with Gasteiger partial charge in [-0.25, -0.2) is 0 Å². The van der Waals surface area contributed by atoms with Crippen molar-refractivity contribution in [2.75, 3.05) is 13.1 Å². The number of piperidine rings is 1. The van der Waals surface area contributed by atoms with Crippen LogP contribution in [0.2, 0.25) is 5.02 Å². The van der Waals surface area contributed by atoms with E-state index in [4.69, 9.17) is 16.0 Å². The van der Waals surface area contributed by atoms with Gasteiger partial charge >= 0.3 is 0 Å². The third-order valence-electron chi connectivity index (χ3n) is 3.66. The van der Waals surface area contributed by atoms with E-state index in [2.05, 4.69) is 4.90 Å². The van der Waals surface area contributed by atoms with E-state index in [-0.39, 0.29) is 6.10 Å². The summed E-state index contributed by atoms with van der Waals surface area (Å²) in [5, 5.41) is 10.4. The number of hydrogen-bond acceptors (Lipinski definition) is 3. The Morgan fingerprint density at radius 2 is 2.10 bits per heavy atom. The first kappa shape index (κ1) is 13.7. The normalized spacial score (nSPS) is 20.2. The molecular formula is C16H18ClNO2.